The summed E-state index contributed by atoms with van der Waals surface area (Å²) in [6.45, 7) is 3.85. The SMILES string of the molecule is Cc1nc2sc3c(=O)[nH]c(=S)[nH]c3c2c(C)c1N=Nc1ccccc1. The number of aromatic amines is 2. The van der Waals surface area contributed by atoms with Gasteiger partial charge in [0.1, 0.15) is 15.2 Å². The van der Waals surface area contributed by atoms with Crippen molar-refractivity contribution in [1.82, 2.24) is 15.0 Å². The molecule has 0 aliphatic heterocycles. The number of fused-ring (bicyclic) bond motifs is 3. The van der Waals surface area contributed by atoms with Gasteiger partial charge in [-0.2, -0.15) is 5.11 Å². The molecule has 3 aromatic heterocycles. The van der Waals surface area contributed by atoms with Crippen molar-refractivity contribution in [3.8, 4) is 0 Å². The standard InChI is InChI=1S/C17H13N5OS2/c1-8-11-13-14(15(23)20-17(24)19-13)25-16(11)18-9(2)12(8)22-21-10-6-4-3-5-7-10/h3-7H,1-2H3,(H2,19,20,23,24). The van der Waals surface area contributed by atoms with Crippen LogP contribution in [0.4, 0.5) is 11.4 Å². The van der Waals surface area contributed by atoms with Gasteiger partial charge in [0, 0.05) is 5.39 Å². The Hall–Kier alpha value is -2.71. The lowest BCUT2D eigenvalue weighted by molar-refractivity contribution is 1.14. The molecule has 0 radical (unpaired) electrons. The number of thiophene rings is 1. The van der Waals surface area contributed by atoms with Gasteiger partial charge in [0.05, 0.1) is 16.9 Å². The minimum atomic E-state index is -0.203. The van der Waals surface area contributed by atoms with Crippen LogP contribution in [0.15, 0.2) is 45.4 Å². The van der Waals surface area contributed by atoms with Crippen molar-refractivity contribution in [1.29, 1.82) is 0 Å². The Balaban J connectivity index is 2.00. The first kappa shape index (κ1) is 15.8. The zero-order chi connectivity index (χ0) is 17.6. The summed E-state index contributed by atoms with van der Waals surface area (Å²) in [6.07, 6.45) is 0. The second kappa shape index (κ2) is 5.98. The highest BCUT2D eigenvalue weighted by molar-refractivity contribution is 7.71. The van der Waals surface area contributed by atoms with Crippen LogP contribution in [0.3, 0.4) is 0 Å². The van der Waals surface area contributed by atoms with Crippen molar-refractivity contribution >= 4 is 55.4 Å². The van der Waals surface area contributed by atoms with E-state index >= 15 is 0 Å². The number of aryl methyl sites for hydroxylation is 2. The van der Waals surface area contributed by atoms with Crippen molar-refractivity contribution in [2.24, 2.45) is 10.2 Å². The molecule has 0 aliphatic carbocycles. The Labute approximate surface area is 151 Å². The van der Waals surface area contributed by atoms with E-state index in [1.165, 1.54) is 11.3 Å². The molecule has 0 amide bonds. The van der Waals surface area contributed by atoms with E-state index in [0.29, 0.717) is 20.7 Å². The molecule has 4 aromatic rings. The molecule has 0 saturated heterocycles. The first-order valence-corrected chi connectivity index (χ1v) is 8.80. The van der Waals surface area contributed by atoms with Gasteiger partial charge >= 0.3 is 0 Å². The van der Waals surface area contributed by atoms with E-state index in [1.807, 2.05) is 44.2 Å². The van der Waals surface area contributed by atoms with Crippen LogP contribution in [0.5, 0.6) is 0 Å². The van der Waals surface area contributed by atoms with E-state index in [9.17, 15) is 4.79 Å². The van der Waals surface area contributed by atoms with Crippen LogP contribution >= 0.6 is 23.6 Å². The maximum atomic E-state index is 12.2. The van der Waals surface area contributed by atoms with Gasteiger partial charge in [-0.1, -0.05) is 18.2 Å². The molecule has 0 fully saturated rings. The Kier molecular flexibility index (Phi) is 3.78. The van der Waals surface area contributed by atoms with Crippen LogP contribution in [0, 0.1) is 18.6 Å². The van der Waals surface area contributed by atoms with Gasteiger partial charge in [-0.3, -0.25) is 9.78 Å². The summed E-state index contributed by atoms with van der Waals surface area (Å²) in [4.78, 5) is 23.2. The molecule has 124 valence electrons. The van der Waals surface area contributed by atoms with Crippen molar-refractivity contribution in [3.63, 3.8) is 0 Å². The zero-order valence-electron chi connectivity index (χ0n) is 13.5. The lowest BCUT2D eigenvalue weighted by Crippen LogP contribution is -2.05. The van der Waals surface area contributed by atoms with E-state index in [4.69, 9.17) is 12.2 Å². The topological polar surface area (TPSA) is 86.3 Å². The molecule has 0 bridgehead atoms. The van der Waals surface area contributed by atoms with E-state index in [1.54, 1.807) is 0 Å². The van der Waals surface area contributed by atoms with Crippen LogP contribution in [0.2, 0.25) is 0 Å². The highest BCUT2D eigenvalue weighted by Gasteiger charge is 2.16. The highest BCUT2D eigenvalue weighted by atomic mass is 32.1. The summed E-state index contributed by atoms with van der Waals surface area (Å²) < 4.78 is 0.875. The van der Waals surface area contributed by atoms with Crippen LogP contribution in [0.1, 0.15) is 11.3 Å². The molecular formula is C17H13N5OS2. The van der Waals surface area contributed by atoms with Crippen molar-refractivity contribution in [2.75, 3.05) is 0 Å². The van der Waals surface area contributed by atoms with E-state index in [2.05, 4.69) is 25.2 Å². The number of hydrogen-bond acceptors (Lipinski definition) is 6. The van der Waals surface area contributed by atoms with Crippen LogP contribution < -0.4 is 5.56 Å². The molecule has 4 rings (SSSR count). The Morgan fingerprint density at radius 3 is 2.64 bits per heavy atom. The molecule has 6 nitrogen and oxygen atoms in total. The number of pyridine rings is 1. The number of benzene rings is 1. The largest absolute Gasteiger partial charge is 0.330 e. The maximum Gasteiger partial charge on any atom is 0.269 e. The van der Waals surface area contributed by atoms with Crippen LogP contribution in [-0.2, 0) is 0 Å². The average molecular weight is 367 g/mol. The minimum Gasteiger partial charge on any atom is -0.330 e. The van der Waals surface area contributed by atoms with Gasteiger partial charge in [-0.05, 0) is 43.8 Å². The van der Waals surface area contributed by atoms with Gasteiger partial charge in [0.15, 0.2) is 4.77 Å². The molecule has 3 heterocycles. The fourth-order valence-corrected chi connectivity index (χ4v) is 4.10. The van der Waals surface area contributed by atoms with Crippen LogP contribution in [0.25, 0.3) is 20.4 Å². The maximum absolute atomic E-state index is 12.2. The van der Waals surface area contributed by atoms with Gasteiger partial charge in [-0.15, -0.1) is 16.5 Å². The third-order valence-electron chi connectivity index (χ3n) is 3.93. The molecule has 8 heteroatoms. The number of nitrogens with one attached hydrogen (secondary N) is 2. The molecule has 0 aliphatic rings. The minimum absolute atomic E-state index is 0.203. The van der Waals surface area contributed by atoms with E-state index in [-0.39, 0.29) is 5.56 Å². The molecule has 0 saturated carbocycles. The van der Waals surface area contributed by atoms with Crippen LogP contribution in [-0.4, -0.2) is 15.0 Å². The third-order valence-corrected chi connectivity index (χ3v) is 5.21. The number of azo groups is 1. The molecule has 2 N–H and O–H groups in total. The lowest BCUT2D eigenvalue weighted by atomic mass is 10.1. The summed E-state index contributed by atoms with van der Waals surface area (Å²) in [5.74, 6) is 0. The highest BCUT2D eigenvalue weighted by Crippen LogP contribution is 2.37. The number of hydrogen-bond donors (Lipinski definition) is 2. The summed E-state index contributed by atoms with van der Waals surface area (Å²) >= 11 is 6.45. The number of aromatic nitrogens is 3. The van der Waals surface area contributed by atoms with Crippen molar-refractivity contribution in [2.45, 2.75) is 13.8 Å². The average Bonchev–Trinajstić information content (AvgIpc) is 2.94. The zero-order valence-corrected chi connectivity index (χ0v) is 15.1. The Morgan fingerprint density at radius 1 is 1.12 bits per heavy atom. The van der Waals surface area contributed by atoms with Gasteiger partial charge in [0.25, 0.3) is 5.56 Å². The first-order valence-electron chi connectivity index (χ1n) is 7.57. The fraction of sp³-hybridized carbons (Fsp3) is 0.118. The normalized spacial score (nSPS) is 11.8. The smallest absolute Gasteiger partial charge is 0.269 e. The first-order chi connectivity index (χ1) is 12.0. The molecule has 0 spiro atoms. The summed E-state index contributed by atoms with van der Waals surface area (Å²) in [5.41, 5.74) is 3.67. The number of nitrogens with zero attached hydrogens (tertiary/aromatic N) is 3. The number of rotatable bonds is 2. The molecule has 25 heavy (non-hydrogen) atoms. The van der Waals surface area contributed by atoms with Crippen molar-refractivity contribution < 1.29 is 0 Å². The number of H-pyrrole nitrogens is 2. The van der Waals surface area contributed by atoms with E-state index in [0.717, 1.165) is 27.2 Å². The Bertz CT molecular complexity index is 1250. The van der Waals surface area contributed by atoms with Crippen molar-refractivity contribution in [3.05, 3.63) is 56.7 Å². The summed E-state index contributed by atoms with van der Waals surface area (Å²) in [5, 5.41) is 9.56. The molecular weight excluding hydrogens is 354 g/mol. The quantitative estimate of drug-likeness (QED) is 0.376. The Morgan fingerprint density at radius 2 is 1.88 bits per heavy atom. The predicted molar refractivity (Wildman–Crippen MR) is 103 cm³/mol. The van der Waals surface area contributed by atoms with Gasteiger partial charge < -0.3 is 4.98 Å². The predicted octanol–water partition coefficient (Wildman–Crippen LogP) is 5.23. The second-order valence-electron chi connectivity index (χ2n) is 5.60. The van der Waals surface area contributed by atoms with E-state index < -0.39 is 0 Å². The molecule has 0 unspecified atom stereocenters. The van der Waals surface area contributed by atoms with Gasteiger partial charge in [-0.25, -0.2) is 4.98 Å². The summed E-state index contributed by atoms with van der Waals surface area (Å²) in [7, 11) is 0. The second-order valence-corrected chi connectivity index (χ2v) is 7.01. The monoisotopic (exact) mass is 367 g/mol. The molecule has 1 aromatic carbocycles. The lowest BCUT2D eigenvalue weighted by Gasteiger charge is -2.05. The summed E-state index contributed by atoms with van der Waals surface area (Å²) in [6, 6.07) is 9.52. The third kappa shape index (κ3) is 2.69. The van der Waals surface area contributed by atoms with Gasteiger partial charge in [0.2, 0.25) is 0 Å². The molecule has 0 atom stereocenters. The fourth-order valence-electron chi connectivity index (χ4n) is 2.77.